The average molecular weight is 964 g/mol. The lowest BCUT2D eigenvalue weighted by Crippen LogP contribution is -2.60. The molecule has 0 spiro atoms. The number of nitrogens with one attached hydrogen (secondary N) is 1. The summed E-state index contributed by atoms with van der Waals surface area (Å²) in [6, 6.07) is -0.830. The second-order valence-electron chi connectivity index (χ2n) is 18.6. The van der Waals surface area contributed by atoms with Crippen molar-refractivity contribution in [1.29, 1.82) is 0 Å². The van der Waals surface area contributed by atoms with Crippen LogP contribution < -0.4 is 5.32 Å². The third kappa shape index (κ3) is 38.2. The molecule has 0 saturated carbocycles. The van der Waals surface area contributed by atoms with Crippen LogP contribution in [0.1, 0.15) is 206 Å². The van der Waals surface area contributed by atoms with Gasteiger partial charge in [0.05, 0.1) is 25.4 Å². The summed E-state index contributed by atoms with van der Waals surface area (Å²) in [5.74, 6) is -0.197. The van der Waals surface area contributed by atoms with Gasteiger partial charge in [-0.3, -0.25) is 4.79 Å². The van der Waals surface area contributed by atoms with Crippen molar-refractivity contribution in [3.8, 4) is 0 Å². The Balaban J connectivity index is 2.07. The summed E-state index contributed by atoms with van der Waals surface area (Å²) in [6.07, 6.45) is 64.9. The SMILES string of the molecule is C/C=C/CC/C=C/CC/C=C/C(O)C(COC1OC(CO)C(O)C(O)C1O)NC(=O)CCCCCCCCCCCCCCCCCCCC/C=C\C/C=C\C/C=C\C/C=C\C/C=C\C/C=C\CC. The Bertz CT molecular complexity index is 1440. The van der Waals surface area contributed by atoms with Crippen LogP contribution in [0.15, 0.2) is 109 Å². The van der Waals surface area contributed by atoms with Gasteiger partial charge in [-0.15, -0.1) is 0 Å². The Hall–Kier alpha value is -3.15. The van der Waals surface area contributed by atoms with Gasteiger partial charge in [-0.2, -0.15) is 0 Å². The van der Waals surface area contributed by atoms with Crippen LogP contribution in [0.25, 0.3) is 0 Å². The second-order valence-corrected chi connectivity index (χ2v) is 18.6. The van der Waals surface area contributed by atoms with Crippen LogP contribution in [0.4, 0.5) is 0 Å². The van der Waals surface area contributed by atoms with E-state index in [9.17, 15) is 30.3 Å². The lowest BCUT2D eigenvalue weighted by Gasteiger charge is -2.40. The highest BCUT2D eigenvalue weighted by Gasteiger charge is 2.44. The minimum Gasteiger partial charge on any atom is -0.394 e. The van der Waals surface area contributed by atoms with Crippen molar-refractivity contribution < 1.29 is 39.8 Å². The zero-order valence-electron chi connectivity index (χ0n) is 43.5. The molecule has 1 heterocycles. The van der Waals surface area contributed by atoms with E-state index in [1.54, 1.807) is 6.08 Å². The number of allylic oxidation sites excluding steroid dienone is 17. The van der Waals surface area contributed by atoms with Crippen LogP contribution in [0, 0.1) is 0 Å². The predicted molar refractivity (Wildman–Crippen MR) is 290 cm³/mol. The molecule has 0 aliphatic carbocycles. The first kappa shape index (κ1) is 63.9. The molecule has 0 radical (unpaired) electrons. The molecule has 7 atom stereocenters. The third-order valence-electron chi connectivity index (χ3n) is 12.4. The quantitative estimate of drug-likeness (QED) is 0.0261. The first-order valence-electron chi connectivity index (χ1n) is 27.6. The van der Waals surface area contributed by atoms with Crippen LogP contribution >= 0.6 is 0 Å². The molecule has 0 aromatic carbocycles. The molecular formula is C60H101NO8. The minimum atomic E-state index is -1.58. The smallest absolute Gasteiger partial charge is 0.220 e. The van der Waals surface area contributed by atoms with Gasteiger partial charge in [-0.1, -0.05) is 219 Å². The molecule has 0 bridgehead atoms. The summed E-state index contributed by atoms with van der Waals surface area (Å²) in [5, 5.41) is 54.1. The second kappa shape index (κ2) is 48.5. The normalized spacial score (nSPS) is 20.4. The van der Waals surface area contributed by atoms with Gasteiger partial charge in [0.15, 0.2) is 6.29 Å². The molecule has 1 aliphatic heterocycles. The number of carbonyl (C=O) groups excluding carboxylic acids is 1. The van der Waals surface area contributed by atoms with E-state index in [4.69, 9.17) is 9.47 Å². The Morgan fingerprint density at radius 3 is 1.39 bits per heavy atom. The molecule has 0 aromatic rings. The highest BCUT2D eigenvalue weighted by Crippen LogP contribution is 2.23. The molecule has 1 rings (SSSR count). The third-order valence-corrected chi connectivity index (χ3v) is 12.4. The molecule has 7 unspecified atom stereocenters. The number of aliphatic hydroxyl groups excluding tert-OH is 5. The lowest BCUT2D eigenvalue weighted by molar-refractivity contribution is -0.302. The van der Waals surface area contributed by atoms with Crippen LogP contribution in [0.3, 0.4) is 0 Å². The van der Waals surface area contributed by atoms with Crippen molar-refractivity contribution in [2.45, 2.75) is 249 Å². The van der Waals surface area contributed by atoms with Crippen LogP contribution in [0.5, 0.6) is 0 Å². The van der Waals surface area contributed by atoms with Gasteiger partial charge >= 0.3 is 0 Å². The number of unbranched alkanes of at least 4 members (excludes halogenated alkanes) is 20. The first-order chi connectivity index (χ1) is 33.8. The van der Waals surface area contributed by atoms with Crippen molar-refractivity contribution in [1.82, 2.24) is 5.32 Å². The number of hydrogen-bond donors (Lipinski definition) is 6. The van der Waals surface area contributed by atoms with Gasteiger partial charge in [0, 0.05) is 6.42 Å². The molecule has 0 aromatic heterocycles. The fraction of sp³-hybridized carbons (Fsp3) is 0.683. The van der Waals surface area contributed by atoms with Crippen LogP contribution in [-0.2, 0) is 14.3 Å². The summed E-state index contributed by atoms with van der Waals surface area (Å²) in [4.78, 5) is 13.0. The predicted octanol–water partition coefficient (Wildman–Crippen LogP) is 13.4. The van der Waals surface area contributed by atoms with E-state index in [2.05, 4.69) is 103 Å². The highest BCUT2D eigenvalue weighted by atomic mass is 16.7. The van der Waals surface area contributed by atoms with E-state index in [1.807, 2.05) is 19.1 Å². The van der Waals surface area contributed by atoms with Gasteiger partial charge in [-0.05, 0) is 90.4 Å². The molecule has 394 valence electrons. The maximum atomic E-state index is 13.0. The van der Waals surface area contributed by atoms with Gasteiger partial charge in [-0.25, -0.2) is 0 Å². The molecule has 6 N–H and O–H groups in total. The van der Waals surface area contributed by atoms with Gasteiger partial charge in [0.2, 0.25) is 5.91 Å². The van der Waals surface area contributed by atoms with E-state index in [0.717, 1.165) is 83.5 Å². The summed E-state index contributed by atoms with van der Waals surface area (Å²) in [6.45, 7) is 3.39. The fourth-order valence-corrected chi connectivity index (χ4v) is 8.08. The summed E-state index contributed by atoms with van der Waals surface area (Å²) in [7, 11) is 0. The molecular weight excluding hydrogens is 863 g/mol. The van der Waals surface area contributed by atoms with Crippen molar-refractivity contribution in [3.63, 3.8) is 0 Å². The van der Waals surface area contributed by atoms with Crippen molar-refractivity contribution >= 4 is 5.91 Å². The van der Waals surface area contributed by atoms with Crippen LogP contribution in [-0.4, -0.2) is 87.5 Å². The number of ether oxygens (including phenoxy) is 2. The Labute approximate surface area is 421 Å². The summed E-state index contributed by atoms with van der Waals surface area (Å²) in [5.41, 5.74) is 0. The molecule has 1 fully saturated rings. The minimum absolute atomic E-state index is 0.197. The Morgan fingerprint density at radius 1 is 0.522 bits per heavy atom. The number of amides is 1. The Kier molecular flexibility index (Phi) is 44.9. The summed E-state index contributed by atoms with van der Waals surface area (Å²) < 4.78 is 11.2. The number of aliphatic hydroxyl groups is 5. The molecule has 9 heteroatoms. The largest absolute Gasteiger partial charge is 0.394 e. The van der Waals surface area contributed by atoms with Crippen molar-refractivity contribution in [2.75, 3.05) is 13.2 Å². The molecule has 1 amide bonds. The summed E-state index contributed by atoms with van der Waals surface area (Å²) >= 11 is 0. The van der Waals surface area contributed by atoms with E-state index >= 15 is 0 Å². The standard InChI is InChI=1S/C60H101NO8/c1-3-5-7-9-11-13-14-15-16-17-18-19-20-21-22-23-24-25-26-27-28-29-30-31-32-33-34-35-36-37-38-39-40-42-44-46-48-50-56(64)61-53(54(63)49-47-45-43-41-12-10-8-6-4-2)52-68-60-59(67)58(66)57(65)55(51-62)69-60/h4-7,11-13,15-16,18-19,21-22,24-25,41,47,49,53-55,57-60,62-63,65-67H,3,8-10,14,17,20,23,26-40,42-46,48,50-52H2,1-2H3,(H,61,64)/b6-4+,7-5-,13-11-,16-15-,19-18-,22-21-,25-24-,41-12+,49-47+. The average Bonchev–Trinajstić information content (AvgIpc) is 3.35. The fourth-order valence-electron chi connectivity index (χ4n) is 8.08. The van der Waals surface area contributed by atoms with Gasteiger partial charge in [0.25, 0.3) is 0 Å². The van der Waals surface area contributed by atoms with E-state index < -0.39 is 49.5 Å². The van der Waals surface area contributed by atoms with E-state index in [1.165, 1.54) is 103 Å². The molecule has 1 saturated heterocycles. The molecule has 69 heavy (non-hydrogen) atoms. The molecule has 9 nitrogen and oxygen atoms in total. The number of carbonyl (C=O) groups is 1. The maximum Gasteiger partial charge on any atom is 0.220 e. The van der Waals surface area contributed by atoms with E-state index in [0.29, 0.717) is 6.42 Å². The molecule has 1 aliphatic rings. The Morgan fingerprint density at radius 2 is 0.928 bits per heavy atom. The topological polar surface area (TPSA) is 149 Å². The first-order valence-corrected chi connectivity index (χ1v) is 27.6. The zero-order chi connectivity index (χ0) is 50.1. The number of rotatable bonds is 45. The number of hydrogen-bond acceptors (Lipinski definition) is 8. The van der Waals surface area contributed by atoms with Gasteiger partial charge in [0.1, 0.15) is 24.4 Å². The van der Waals surface area contributed by atoms with Crippen molar-refractivity contribution in [2.24, 2.45) is 0 Å². The van der Waals surface area contributed by atoms with Gasteiger partial charge < -0.3 is 40.3 Å². The highest BCUT2D eigenvalue weighted by molar-refractivity contribution is 5.76. The lowest BCUT2D eigenvalue weighted by atomic mass is 9.99. The monoisotopic (exact) mass is 964 g/mol. The van der Waals surface area contributed by atoms with E-state index in [-0.39, 0.29) is 12.5 Å². The zero-order valence-corrected chi connectivity index (χ0v) is 43.5. The maximum absolute atomic E-state index is 13.0. The van der Waals surface area contributed by atoms with Crippen molar-refractivity contribution in [3.05, 3.63) is 109 Å². The van der Waals surface area contributed by atoms with Crippen LogP contribution in [0.2, 0.25) is 0 Å².